The lowest BCUT2D eigenvalue weighted by Gasteiger charge is -2.12. The van der Waals surface area contributed by atoms with Crippen LogP contribution in [-0.2, 0) is 0 Å². The van der Waals surface area contributed by atoms with E-state index in [0.717, 1.165) is 30.6 Å². The van der Waals surface area contributed by atoms with Gasteiger partial charge in [-0.25, -0.2) is 9.37 Å². The second kappa shape index (κ2) is 8.24. The zero-order valence-electron chi connectivity index (χ0n) is 14.2. The molecule has 25 heavy (non-hydrogen) atoms. The summed E-state index contributed by atoms with van der Waals surface area (Å²) in [6.07, 6.45) is 2.13. The maximum absolute atomic E-state index is 13.9. The zero-order chi connectivity index (χ0) is 17.5. The van der Waals surface area contributed by atoms with Gasteiger partial charge >= 0.3 is 0 Å². The first-order valence-corrected chi connectivity index (χ1v) is 8.46. The molecule has 0 aliphatic rings. The Bertz CT molecular complexity index is 821. The third-order valence-corrected chi connectivity index (χ3v) is 3.75. The van der Waals surface area contributed by atoms with Crippen LogP contribution in [0.3, 0.4) is 0 Å². The highest BCUT2D eigenvalue weighted by atomic mass is 19.1. The molecule has 2 aromatic carbocycles. The molecule has 0 amide bonds. The quantitative estimate of drug-likeness (QED) is 0.579. The molecule has 4 nitrogen and oxygen atoms in total. The third-order valence-electron chi connectivity index (χ3n) is 3.75. The number of hydrogen-bond donors (Lipinski definition) is 2. The summed E-state index contributed by atoms with van der Waals surface area (Å²) in [6, 6.07) is 18.2. The van der Waals surface area contributed by atoms with Crippen molar-refractivity contribution in [3.8, 4) is 11.3 Å². The molecule has 0 aliphatic carbocycles. The largest absolute Gasteiger partial charge is 0.354 e. The molecule has 0 fully saturated rings. The monoisotopic (exact) mass is 336 g/mol. The van der Waals surface area contributed by atoms with E-state index in [1.165, 1.54) is 6.07 Å². The lowest BCUT2D eigenvalue weighted by molar-refractivity contribution is 0.632. The van der Waals surface area contributed by atoms with Gasteiger partial charge in [0.15, 0.2) is 0 Å². The number of unbranched alkanes of at least 4 members (excludes halogenated alkanes) is 1. The maximum Gasteiger partial charge on any atom is 0.225 e. The van der Waals surface area contributed by atoms with E-state index >= 15 is 0 Å². The summed E-state index contributed by atoms with van der Waals surface area (Å²) < 4.78 is 13.9. The fourth-order valence-corrected chi connectivity index (χ4v) is 2.42. The third kappa shape index (κ3) is 4.53. The molecule has 0 saturated carbocycles. The van der Waals surface area contributed by atoms with Crippen LogP contribution in [0.2, 0.25) is 0 Å². The first-order chi connectivity index (χ1) is 12.3. The lowest BCUT2D eigenvalue weighted by Crippen LogP contribution is -2.07. The van der Waals surface area contributed by atoms with E-state index in [1.54, 1.807) is 18.2 Å². The van der Waals surface area contributed by atoms with Crippen LogP contribution in [0.15, 0.2) is 60.7 Å². The maximum atomic E-state index is 13.9. The van der Waals surface area contributed by atoms with Crippen LogP contribution in [0, 0.1) is 5.82 Å². The fraction of sp³-hybridized carbons (Fsp3) is 0.200. The van der Waals surface area contributed by atoms with Crippen molar-refractivity contribution >= 4 is 17.5 Å². The van der Waals surface area contributed by atoms with E-state index in [1.807, 2.05) is 36.4 Å². The first-order valence-electron chi connectivity index (χ1n) is 8.46. The molecule has 5 heteroatoms. The second-order valence-electron chi connectivity index (χ2n) is 5.71. The fourth-order valence-electron chi connectivity index (χ4n) is 2.42. The van der Waals surface area contributed by atoms with E-state index in [9.17, 15) is 4.39 Å². The highest BCUT2D eigenvalue weighted by Gasteiger charge is 2.08. The van der Waals surface area contributed by atoms with Crippen molar-refractivity contribution in [2.24, 2.45) is 0 Å². The first kappa shape index (κ1) is 16.9. The van der Waals surface area contributed by atoms with Crippen molar-refractivity contribution in [1.29, 1.82) is 0 Å². The molecular weight excluding hydrogens is 315 g/mol. The number of anilines is 3. The zero-order valence-corrected chi connectivity index (χ0v) is 14.2. The van der Waals surface area contributed by atoms with Crippen molar-refractivity contribution in [2.75, 3.05) is 17.2 Å². The van der Waals surface area contributed by atoms with Crippen LogP contribution >= 0.6 is 0 Å². The molecular formula is C20H21FN4. The molecule has 128 valence electrons. The molecule has 0 saturated heterocycles. The molecule has 1 aromatic heterocycles. The summed E-state index contributed by atoms with van der Waals surface area (Å²) in [5.74, 6) is 0.773. The highest BCUT2D eigenvalue weighted by molar-refractivity contribution is 5.67. The summed E-state index contributed by atoms with van der Waals surface area (Å²) in [5.41, 5.74) is 2.16. The summed E-state index contributed by atoms with van der Waals surface area (Å²) in [5, 5.41) is 6.29. The van der Waals surface area contributed by atoms with E-state index in [4.69, 9.17) is 0 Å². The smallest absolute Gasteiger partial charge is 0.225 e. The van der Waals surface area contributed by atoms with Gasteiger partial charge in [0, 0.05) is 18.2 Å². The van der Waals surface area contributed by atoms with Gasteiger partial charge in [-0.2, -0.15) is 4.98 Å². The van der Waals surface area contributed by atoms with Crippen molar-refractivity contribution in [1.82, 2.24) is 9.97 Å². The Labute approximate surface area is 147 Å². The molecule has 0 aliphatic heterocycles. The van der Waals surface area contributed by atoms with Gasteiger partial charge in [0.05, 0.1) is 11.4 Å². The van der Waals surface area contributed by atoms with Crippen molar-refractivity contribution in [3.05, 3.63) is 66.5 Å². The topological polar surface area (TPSA) is 49.8 Å². The molecule has 2 N–H and O–H groups in total. The number of nitrogens with zero attached hydrogens (tertiary/aromatic N) is 2. The van der Waals surface area contributed by atoms with Crippen LogP contribution in [0.5, 0.6) is 0 Å². The number of nitrogens with one attached hydrogen (secondary N) is 2. The Morgan fingerprint density at radius 2 is 1.72 bits per heavy atom. The predicted molar refractivity (Wildman–Crippen MR) is 101 cm³/mol. The van der Waals surface area contributed by atoms with E-state index < -0.39 is 0 Å². The van der Waals surface area contributed by atoms with Crippen molar-refractivity contribution < 1.29 is 4.39 Å². The van der Waals surface area contributed by atoms with Gasteiger partial charge in [0.1, 0.15) is 11.6 Å². The summed E-state index contributed by atoms with van der Waals surface area (Å²) in [4.78, 5) is 9.05. The number of hydrogen-bond acceptors (Lipinski definition) is 4. The molecule has 0 unspecified atom stereocenters. The summed E-state index contributed by atoms with van der Waals surface area (Å²) >= 11 is 0. The SMILES string of the molecule is CCCCNc1nc(Nc2ccccc2F)cc(-c2ccccc2)n1. The molecule has 0 bridgehead atoms. The standard InChI is InChI=1S/C20H21FN4/c1-2-3-13-22-20-24-18(15-9-5-4-6-10-15)14-19(25-20)23-17-12-8-7-11-16(17)21/h4-12,14H,2-3,13H2,1H3,(H2,22,23,24,25). The van der Waals surface area contributed by atoms with Gasteiger partial charge in [0.2, 0.25) is 5.95 Å². The van der Waals surface area contributed by atoms with E-state index in [2.05, 4.69) is 27.5 Å². The lowest BCUT2D eigenvalue weighted by atomic mass is 10.1. The minimum atomic E-state index is -0.317. The van der Waals surface area contributed by atoms with Crippen molar-refractivity contribution in [2.45, 2.75) is 19.8 Å². The normalized spacial score (nSPS) is 10.5. The minimum Gasteiger partial charge on any atom is -0.354 e. The molecule has 0 spiro atoms. The van der Waals surface area contributed by atoms with Gasteiger partial charge in [-0.1, -0.05) is 55.8 Å². The minimum absolute atomic E-state index is 0.317. The molecule has 3 aromatic rings. The number of benzene rings is 2. The van der Waals surface area contributed by atoms with Crippen LogP contribution in [-0.4, -0.2) is 16.5 Å². The van der Waals surface area contributed by atoms with Crippen LogP contribution < -0.4 is 10.6 Å². The Morgan fingerprint density at radius 1 is 0.960 bits per heavy atom. The van der Waals surface area contributed by atoms with Gasteiger partial charge in [-0.3, -0.25) is 0 Å². The van der Waals surface area contributed by atoms with Gasteiger partial charge < -0.3 is 10.6 Å². The Kier molecular flexibility index (Phi) is 5.57. The van der Waals surface area contributed by atoms with Crippen LogP contribution in [0.1, 0.15) is 19.8 Å². The van der Waals surface area contributed by atoms with Gasteiger partial charge in [0.25, 0.3) is 0 Å². The number of aromatic nitrogens is 2. The Morgan fingerprint density at radius 3 is 2.48 bits per heavy atom. The summed E-state index contributed by atoms with van der Waals surface area (Å²) in [6.45, 7) is 2.93. The number of rotatable bonds is 7. The molecule has 0 radical (unpaired) electrons. The Hall–Kier alpha value is -2.95. The molecule has 0 atom stereocenters. The second-order valence-corrected chi connectivity index (χ2v) is 5.71. The van der Waals surface area contributed by atoms with Crippen LogP contribution in [0.25, 0.3) is 11.3 Å². The number of halogens is 1. The average molecular weight is 336 g/mol. The molecule has 3 rings (SSSR count). The van der Waals surface area contributed by atoms with E-state index in [-0.39, 0.29) is 5.82 Å². The van der Waals surface area contributed by atoms with Crippen LogP contribution in [0.4, 0.5) is 21.8 Å². The van der Waals surface area contributed by atoms with E-state index in [0.29, 0.717) is 17.5 Å². The predicted octanol–water partition coefficient (Wildman–Crippen LogP) is 5.24. The number of para-hydroxylation sites is 1. The van der Waals surface area contributed by atoms with Crippen molar-refractivity contribution in [3.63, 3.8) is 0 Å². The Balaban J connectivity index is 1.93. The van der Waals surface area contributed by atoms with Gasteiger partial charge in [-0.05, 0) is 18.6 Å². The summed E-state index contributed by atoms with van der Waals surface area (Å²) in [7, 11) is 0. The highest BCUT2D eigenvalue weighted by Crippen LogP contribution is 2.24. The van der Waals surface area contributed by atoms with Gasteiger partial charge in [-0.15, -0.1) is 0 Å². The molecule has 1 heterocycles. The average Bonchev–Trinajstić information content (AvgIpc) is 2.64.